The fourth-order valence-corrected chi connectivity index (χ4v) is 2.46. The standard InChI is InChI=1S/C15H22N4/c16-7-1-2-8-18-9-11-19(12-10-18)15-5-3-14(13-17)4-6-15/h3-6H,1-2,7-12,16H2. The van der Waals surface area contributed by atoms with E-state index in [0.717, 1.165) is 44.7 Å². The Balaban J connectivity index is 1.80. The second-order valence-electron chi connectivity index (χ2n) is 4.98. The van der Waals surface area contributed by atoms with Crippen LogP contribution in [0.5, 0.6) is 0 Å². The lowest BCUT2D eigenvalue weighted by atomic mass is 10.2. The van der Waals surface area contributed by atoms with Crippen molar-refractivity contribution in [3.05, 3.63) is 29.8 Å². The maximum Gasteiger partial charge on any atom is 0.0991 e. The average molecular weight is 258 g/mol. The van der Waals surface area contributed by atoms with Crippen LogP contribution in [0, 0.1) is 11.3 Å². The molecule has 0 unspecified atom stereocenters. The molecule has 1 saturated heterocycles. The number of rotatable bonds is 5. The number of unbranched alkanes of at least 4 members (excludes halogenated alkanes) is 1. The van der Waals surface area contributed by atoms with Crippen LogP contribution >= 0.6 is 0 Å². The van der Waals surface area contributed by atoms with E-state index < -0.39 is 0 Å². The molecule has 0 aromatic heterocycles. The van der Waals surface area contributed by atoms with E-state index in [9.17, 15) is 0 Å². The van der Waals surface area contributed by atoms with Crippen molar-refractivity contribution in [3.8, 4) is 6.07 Å². The van der Waals surface area contributed by atoms with Gasteiger partial charge >= 0.3 is 0 Å². The van der Waals surface area contributed by atoms with Crippen molar-refractivity contribution in [1.29, 1.82) is 5.26 Å². The predicted octanol–water partition coefficient (Wildman–Crippen LogP) is 1.42. The lowest BCUT2D eigenvalue weighted by molar-refractivity contribution is 0.253. The smallest absolute Gasteiger partial charge is 0.0991 e. The van der Waals surface area contributed by atoms with Crippen LogP contribution < -0.4 is 10.6 Å². The second-order valence-corrected chi connectivity index (χ2v) is 4.98. The third kappa shape index (κ3) is 3.95. The first-order chi connectivity index (χ1) is 9.33. The van der Waals surface area contributed by atoms with Gasteiger partial charge in [-0.15, -0.1) is 0 Å². The quantitative estimate of drug-likeness (QED) is 0.812. The maximum atomic E-state index is 8.80. The van der Waals surface area contributed by atoms with Gasteiger partial charge in [-0.2, -0.15) is 5.26 Å². The minimum Gasteiger partial charge on any atom is -0.369 e. The zero-order valence-corrected chi connectivity index (χ0v) is 11.4. The number of hydrogen-bond acceptors (Lipinski definition) is 4. The summed E-state index contributed by atoms with van der Waals surface area (Å²) in [6.45, 7) is 6.32. The van der Waals surface area contributed by atoms with Gasteiger partial charge in [-0.3, -0.25) is 4.90 Å². The Labute approximate surface area is 115 Å². The Kier molecular flexibility index (Phi) is 5.20. The fraction of sp³-hybridized carbons (Fsp3) is 0.533. The van der Waals surface area contributed by atoms with Gasteiger partial charge in [-0.1, -0.05) is 0 Å². The molecular formula is C15H22N4. The third-order valence-electron chi connectivity index (χ3n) is 3.66. The Hall–Kier alpha value is -1.57. The molecule has 2 N–H and O–H groups in total. The normalized spacial score (nSPS) is 16.3. The minimum absolute atomic E-state index is 0.726. The number of hydrogen-bond donors (Lipinski definition) is 1. The Bertz CT molecular complexity index is 413. The fourth-order valence-electron chi connectivity index (χ4n) is 2.46. The summed E-state index contributed by atoms with van der Waals surface area (Å²) in [6, 6.07) is 10.0. The molecule has 1 fully saturated rings. The summed E-state index contributed by atoms with van der Waals surface area (Å²) in [5.41, 5.74) is 7.47. The zero-order chi connectivity index (χ0) is 13.5. The number of nitrogens with two attached hydrogens (primary N) is 1. The van der Waals surface area contributed by atoms with Gasteiger partial charge in [0.2, 0.25) is 0 Å². The van der Waals surface area contributed by atoms with Crippen LogP contribution in [0.15, 0.2) is 24.3 Å². The summed E-state index contributed by atoms with van der Waals surface area (Å²) in [5, 5.41) is 8.80. The van der Waals surface area contributed by atoms with Crippen LogP contribution in [-0.4, -0.2) is 44.2 Å². The highest BCUT2D eigenvalue weighted by Crippen LogP contribution is 2.17. The molecule has 19 heavy (non-hydrogen) atoms. The summed E-state index contributed by atoms with van der Waals surface area (Å²) in [6.07, 6.45) is 2.32. The van der Waals surface area contributed by atoms with E-state index in [1.54, 1.807) is 0 Å². The zero-order valence-electron chi connectivity index (χ0n) is 11.4. The molecule has 2 rings (SSSR count). The van der Waals surface area contributed by atoms with Gasteiger partial charge in [0, 0.05) is 31.9 Å². The highest BCUT2D eigenvalue weighted by atomic mass is 15.3. The van der Waals surface area contributed by atoms with Crippen molar-refractivity contribution >= 4 is 5.69 Å². The summed E-state index contributed by atoms with van der Waals surface area (Å²) >= 11 is 0. The van der Waals surface area contributed by atoms with E-state index in [1.807, 2.05) is 24.3 Å². The van der Waals surface area contributed by atoms with Gasteiger partial charge in [0.25, 0.3) is 0 Å². The molecule has 0 saturated carbocycles. The van der Waals surface area contributed by atoms with E-state index in [1.165, 1.54) is 18.7 Å². The topological polar surface area (TPSA) is 56.3 Å². The van der Waals surface area contributed by atoms with E-state index in [2.05, 4.69) is 15.9 Å². The molecule has 0 radical (unpaired) electrons. The SMILES string of the molecule is N#Cc1ccc(N2CCN(CCCCN)CC2)cc1. The van der Waals surface area contributed by atoms with Gasteiger partial charge in [0.05, 0.1) is 11.6 Å². The summed E-state index contributed by atoms with van der Waals surface area (Å²) in [4.78, 5) is 4.90. The van der Waals surface area contributed by atoms with Crippen LogP contribution in [0.3, 0.4) is 0 Å². The van der Waals surface area contributed by atoms with Crippen LogP contribution in [0.1, 0.15) is 18.4 Å². The lowest BCUT2D eigenvalue weighted by Gasteiger charge is -2.36. The lowest BCUT2D eigenvalue weighted by Crippen LogP contribution is -2.46. The Morgan fingerprint density at radius 1 is 1.05 bits per heavy atom. The van der Waals surface area contributed by atoms with E-state index in [-0.39, 0.29) is 0 Å². The van der Waals surface area contributed by atoms with Crippen molar-refractivity contribution < 1.29 is 0 Å². The highest BCUT2D eigenvalue weighted by Gasteiger charge is 2.16. The maximum absolute atomic E-state index is 8.80. The van der Waals surface area contributed by atoms with Crippen molar-refractivity contribution in [1.82, 2.24) is 4.90 Å². The van der Waals surface area contributed by atoms with Gasteiger partial charge in [0.15, 0.2) is 0 Å². The first kappa shape index (κ1) is 13.9. The van der Waals surface area contributed by atoms with Crippen LogP contribution in [0.2, 0.25) is 0 Å². The molecule has 1 aliphatic rings. The van der Waals surface area contributed by atoms with E-state index in [0.29, 0.717) is 0 Å². The molecule has 4 heteroatoms. The number of piperazine rings is 1. The Morgan fingerprint density at radius 3 is 2.32 bits per heavy atom. The number of nitriles is 1. The van der Waals surface area contributed by atoms with Gasteiger partial charge in [0.1, 0.15) is 0 Å². The van der Waals surface area contributed by atoms with Crippen molar-refractivity contribution in [2.45, 2.75) is 12.8 Å². The van der Waals surface area contributed by atoms with Gasteiger partial charge < -0.3 is 10.6 Å². The molecular weight excluding hydrogens is 236 g/mol. The van der Waals surface area contributed by atoms with Crippen molar-refractivity contribution in [2.75, 3.05) is 44.2 Å². The van der Waals surface area contributed by atoms with Gasteiger partial charge in [-0.25, -0.2) is 0 Å². The third-order valence-corrected chi connectivity index (χ3v) is 3.66. The van der Waals surface area contributed by atoms with Crippen molar-refractivity contribution in [2.24, 2.45) is 5.73 Å². The summed E-state index contributed by atoms with van der Waals surface area (Å²) in [7, 11) is 0. The summed E-state index contributed by atoms with van der Waals surface area (Å²) in [5.74, 6) is 0. The molecule has 0 bridgehead atoms. The van der Waals surface area contributed by atoms with E-state index >= 15 is 0 Å². The molecule has 1 aromatic rings. The molecule has 102 valence electrons. The van der Waals surface area contributed by atoms with Crippen LogP contribution in [-0.2, 0) is 0 Å². The van der Waals surface area contributed by atoms with Crippen LogP contribution in [0.4, 0.5) is 5.69 Å². The van der Waals surface area contributed by atoms with E-state index in [4.69, 9.17) is 11.0 Å². The number of nitrogens with zero attached hydrogens (tertiary/aromatic N) is 3. The monoisotopic (exact) mass is 258 g/mol. The Morgan fingerprint density at radius 2 is 1.74 bits per heavy atom. The predicted molar refractivity (Wildman–Crippen MR) is 78.1 cm³/mol. The minimum atomic E-state index is 0.726. The first-order valence-corrected chi connectivity index (χ1v) is 7.01. The average Bonchev–Trinajstić information content (AvgIpc) is 2.48. The molecule has 0 aliphatic carbocycles. The summed E-state index contributed by atoms with van der Waals surface area (Å²) < 4.78 is 0. The largest absolute Gasteiger partial charge is 0.369 e. The number of benzene rings is 1. The molecule has 0 spiro atoms. The molecule has 1 heterocycles. The molecule has 0 amide bonds. The van der Waals surface area contributed by atoms with Crippen molar-refractivity contribution in [3.63, 3.8) is 0 Å². The van der Waals surface area contributed by atoms with Crippen LogP contribution in [0.25, 0.3) is 0 Å². The molecule has 1 aliphatic heterocycles. The highest BCUT2D eigenvalue weighted by molar-refractivity contribution is 5.50. The molecule has 4 nitrogen and oxygen atoms in total. The number of anilines is 1. The first-order valence-electron chi connectivity index (χ1n) is 7.01. The second kappa shape index (κ2) is 7.13. The molecule has 0 atom stereocenters. The molecule has 1 aromatic carbocycles. The van der Waals surface area contributed by atoms with Gasteiger partial charge in [-0.05, 0) is 50.2 Å².